The van der Waals surface area contributed by atoms with Gasteiger partial charge in [0.15, 0.2) is 0 Å². The fourth-order valence-electron chi connectivity index (χ4n) is 3.44. The van der Waals surface area contributed by atoms with Crippen molar-refractivity contribution >= 4 is 21.8 Å². The van der Waals surface area contributed by atoms with E-state index in [4.69, 9.17) is 4.98 Å². The summed E-state index contributed by atoms with van der Waals surface area (Å²) in [6, 6.07) is 8.10. The van der Waals surface area contributed by atoms with Gasteiger partial charge in [0.05, 0.1) is 11.0 Å². The SMILES string of the molecule is Cc1cc2c(-n3cnc4c(C)cccc43)nc(C)c(C)c2c(F)c1C. The van der Waals surface area contributed by atoms with Crippen LogP contribution in [0.1, 0.15) is 27.9 Å². The molecule has 4 heteroatoms. The number of para-hydroxylation sites is 1. The van der Waals surface area contributed by atoms with Crippen molar-refractivity contribution in [1.82, 2.24) is 14.5 Å². The van der Waals surface area contributed by atoms with Crippen molar-refractivity contribution in [3.05, 3.63) is 64.4 Å². The first-order valence-electron chi connectivity index (χ1n) is 8.39. The number of imidazole rings is 1. The van der Waals surface area contributed by atoms with Gasteiger partial charge in [0.2, 0.25) is 0 Å². The second-order valence-corrected chi connectivity index (χ2v) is 6.76. The van der Waals surface area contributed by atoms with E-state index in [-0.39, 0.29) is 5.82 Å². The van der Waals surface area contributed by atoms with Crippen molar-refractivity contribution in [2.75, 3.05) is 0 Å². The summed E-state index contributed by atoms with van der Waals surface area (Å²) in [5.41, 5.74) is 6.38. The van der Waals surface area contributed by atoms with Crippen LogP contribution in [0, 0.1) is 40.4 Å². The Morgan fingerprint density at radius 2 is 1.72 bits per heavy atom. The lowest BCUT2D eigenvalue weighted by Gasteiger charge is -2.15. The molecule has 0 bridgehead atoms. The normalized spacial score (nSPS) is 11.6. The number of benzene rings is 2. The van der Waals surface area contributed by atoms with E-state index in [0.717, 1.165) is 44.6 Å². The summed E-state index contributed by atoms with van der Waals surface area (Å²) in [6.45, 7) is 9.67. The smallest absolute Gasteiger partial charge is 0.146 e. The summed E-state index contributed by atoms with van der Waals surface area (Å²) in [7, 11) is 0. The summed E-state index contributed by atoms with van der Waals surface area (Å²) < 4.78 is 17.0. The first-order valence-corrected chi connectivity index (χ1v) is 8.39. The maximum Gasteiger partial charge on any atom is 0.146 e. The molecule has 25 heavy (non-hydrogen) atoms. The number of hydrogen-bond acceptors (Lipinski definition) is 2. The summed E-state index contributed by atoms with van der Waals surface area (Å²) in [5.74, 6) is 0.577. The van der Waals surface area contributed by atoms with E-state index in [1.54, 1.807) is 6.33 Å². The average Bonchev–Trinajstić information content (AvgIpc) is 3.01. The highest BCUT2D eigenvalue weighted by Crippen LogP contribution is 2.33. The number of hydrogen-bond donors (Lipinski definition) is 0. The molecule has 0 unspecified atom stereocenters. The fraction of sp³-hybridized carbons (Fsp3) is 0.238. The lowest BCUT2D eigenvalue weighted by atomic mass is 9.98. The highest BCUT2D eigenvalue weighted by molar-refractivity contribution is 5.95. The standard InChI is InChI=1S/C21H20FN3/c1-11-7-6-8-17-20(11)23-10-25(17)21-16-9-12(2)13(3)19(22)18(16)14(4)15(5)24-21/h6-10H,1-5H3. The van der Waals surface area contributed by atoms with Gasteiger partial charge < -0.3 is 0 Å². The fourth-order valence-corrected chi connectivity index (χ4v) is 3.44. The highest BCUT2D eigenvalue weighted by Gasteiger charge is 2.18. The van der Waals surface area contributed by atoms with Gasteiger partial charge in [-0.25, -0.2) is 14.4 Å². The van der Waals surface area contributed by atoms with Crippen molar-refractivity contribution < 1.29 is 4.39 Å². The molecule has 0 spiro atoms. The monoisotopic (exact) mass is 333 g/mol. The Bertz CT molecular complexity index is 1160. The minimum Gasteiger partial charge on any atom is -0.282 e. The van der Waals surface area contributed by atoms with Crippen molar-refractivity contribution in [1.29, 1.82) is 0 Å². The Hall–Kier alpha value is -2.75. The van der Waals surface area contributed by atoms with Gasteiger partial charge in [-0.3, -0.25) is 4.57 Å². The second kappa shape index (κ2) is 5.38. The zero-order valence-electron chi connectivity index (χ0n) is 15.1. The van der Waals surface area contributed by atoms with E-state index in [2.05, 4.69) is 4.98 Å². The third-order valence-electron chi connectivity index (χ3n) is 5.21. The lowest BCUT2D eigenvalue weighted by Crippen LogP contribution is -2.04. The van der Waals surface area contributed by atoms with Crippen LogP contribution >= 0.6 is 0 Å². The van der Waals surface area contributed by atoms with Crippen LogP contribution in [0.15, 0.2) is 30.6 Å². The van der Waals surface area contributed by atoms with Crippen LogP contribution in [0.5, 0.6) is 0 Å². The van der Waals surface area contributed by atoms with E-state index in [1.807, 2.05) is 63.5 Å². The first-order chi connectivity index (χ1) is 11.9. The van der Waals surface area contributed by atoms with Crippen molar-refractivity contribution in [2.24, 2.45) is 0 Å². The van der Waals surface area contributed by atoms with Gasteiger partial charge in [-0.1, -0.05) is 12.1 Å². The Kier molecular flexibility index (Phi) is 3.39. The molecule has 0 atom stereocenters. The third-order valence-corrected chi connectivity index (χ3v) is 5.21. The molecule has 0 aliphatic heterocycles. The van der Waals surface area contributed by atoms with Crippen LogP contribution in [0.2, 0.25) is 0 Å². The maximum atomic E-state index is 15.0. The number of aryl methyl sites for hydroxylation is 4. The molecule has 4 aromatic rings. The van der Waals surface area contributed by atoms with Crippen LogP contribution in [-0.2, 0) is 0 Å². The van der Waals surface area contributed by atoms with Crippen LogP contribution in [0.4, 0.5) is 4.39 Å². The molecular formula is C21H20FN3. The molecule has 2 aromatic heterocycles. The topological polar surface area (TPSA) is 30.7 Å². The quantitative estimate of drug-likeness (QED) is 0.476. The van der Waals surface area contributed by atoms with Gasteiger partial charge in [-0.2, -0.15) is 0 Å². The number of aromatic nitrogens is 3. The van der Waals surface area contributed by atoms with Crippen LogP contribution in [0.3, 0.4) is 0 Å². The summed E-state index contributed by atoms with van der Waals surface area (Å²) in [4.78, 5) is 9.34. The van der Waals surface area contributed by atoms with E-state index in [0.29, 0.717) is 10.9 Å². The number of nitrogens with zero attached hydrogens (tertiary/aromatic N) is 3. The molecule has 2 aromatic carbocycles. The highest BCUT2D eigenvalue weighted by atomic mass is 19.1. The minimum absolute atomic E-state index is 0.153. The first kappa shape index (κ1) is 15.8. The number of halogens is 1. The van der Waals surface area contributed by atoms with Gasteiger partial charge >= 0.3 is 0 Å². The molecule has 0 saturated carbocycles. The zero-order valence-corrected chi connectivity index (χ0v) is 15.1. The predicted molar refractivity (Wildman–Crippen MR) is 100 cm³/mol. The molecule has 0 radical (unpaired) electrons. The number of fused-ring (bicyclic) bond motifs is 2. The summed E-state index contributed by atoms with van der Waals surface area (Å²) >= 11 is 0. The van der Waals surface area contributed by atoms with Gasteiger partial charge in [-0.05, 0) is 69.0 Å². The summed E-state index contributed by atoms with van der Waals surface area (Å²) in [5, 5.41) is 1.48. The van der Waals surface area contributed by atoms with Crippen molar-refractivity contribution in [3.63, 3.8) is 0 Å². The average molecular weight is 333 g/mol. The molecule has 0 saturated heterocycles. The predicted octanol–water partition coefficient (Wildman–Crippen LogP) is 5.25. The molecule has 0 fully saturated rings. The van der Waals surface area contributed by atoms with Gasteiger partial charge in [0.1, 0.15) is 18.0 Å². The number of rotatable bonds is 1. The molecule has 0 aliphatic carbocycles. The Labute approximate surface area is 146 Å². The second-order valence-electron chi connectivity index (χ2n) is 6.76. The van der Waals surface area contributed by atoms with Gasteiger partial charge in [-0.15, -0.1) is 0 Å². The van der Waals surface area contributed by atoms with Gasteiger partial charge in [0.25, 0.3) is 0 Å². The molecular weight excluding hydrogens is 313 g/mol. The molecule has 4 rings (SSSR count). The number of pyridine rings is 1. The lowest BCUT2D eigenvalue weighted by molar-refractivity contribution is 0.628. The van der Waals surface area contributed by atoms with Crippen molar-refractivity contribution in [3.8, 4) is 5.82 Å². The summed E-state index contributed by atoms with van der Waals surface area (Å²) in [6.07, 6.45) is 1.78. The maximum absolute atomic E-state index is 15.0. The third kappa shape index (κ3) is 2.17. The van der Waals surface area contributed by atoms with E-state index in [9.17, 15) is 0 Å². The molecule has 3 nitrogen and oxygen atoms in total. The molecule has 126 valence electrons. The minimum atomic E-state index is -0.153. The van der Waals surface area contributed by atoms with E-state index < -0.39 is 0 Å². The van der Waals surface area contributed by atoms with E-state index in [1.165, 1.54) is 0 Å². The molecule has 2 heterocycles. The molecule has 0 amide bonds. The van der Waals surface area contributed by atoms with Crippen LogP contribution < -0.4 is 0 Å². The largest absolute Gasteiger partial charge is 0.282 e. The Balaban J connectivity index is 2.18. The Morgan fingerprint density at radius 3 is 2.48 bits per heavy atom. The van der Waals surface area contributed by atoms with Gasteiger partial charge in [0, 0.05) is 16.5 Å². The van der Waals surface area contributed by atoms with Crippen LogP contribution in [-0.4, -0.2) is 14.5 Å². The zero-order chi connectivity index (χ0) is 17.9. The molecule has 0 N–H and O–H groups in total. The Morgan fingerprint density at radius 1 is 0.960 bits per heavy atom. The van der Waals surface area contributed by atoms with E-state index >= 15 is 4.39 Å². The van der Waals surface area contributed by atoms with Crippen LogP contribution in [0.25, 0.3) is 27.6 Å². The van der Waals surface area contributed by atoms with Crippen molar-refractivity contribution in [2.45, 2.75) is 34.6 Å². The molecule has 0 aliphatic rings.